The van der Waals surface area contributed by atoms with E-state index in [0.29, 0.717) is 29.4 Å². The van der Waals surface area contributed by atoms with E-state index in [9.17, 15) is 4.79 Å². The predicted octanol–water partition coefficient (Wildman–Crippen LogP) is 4.01. The summed E-state index contributed by atoms with van der Waals surface area (Å²) < 4.78 is 17.7. The second-order valence-electron chi connectivity index (χ2n) is 5.56. The summed E-state index contributed by atoms with van der Waals surface area (Å²) in [6, 6.07) is 3.56. The minimum atomic E-state index is -0.407. The first-order chi connectivity index (χ1) is 12.5. The number of methoxy groups -OCH3 is 1. The van der Waals surface area contributed by atoms with E-state index in [1.165, 1.54) is 18.9 Å². The Hall–Kier alpha value is -2.74. The van der Waals surface area contributed by atoms with Crippen LogP contribution in [0.15, 0.2) is 45.0 Å². The van der Waals surface area contributed by atoms with Gasteiger partial charge in [-0.25, -0.2) is 4.79 Å². The molecule has 7 nitrogen and oxygen atoms in total. The minimum absolute atomic E-state index is 0.407. The molecule has 0 radical (unpaired) electrons. The summed E-state index contributed by atoms with van der Waals surface area (Å²) in [6.07, 6.45) is 3.42. The summed E-state index contributed by atoms with van der Waals surface area (Å²) in [7, 11) is 1.35. The summed E-state index contributed by atoms with van der Waals surface area (Å²) in [5, 5.41) is 9.31. The summed E-state index contributed by atoms with van der Waals surface area (Å²) in [5.74, 6) is 2.82. The number of carbonyl (C=O) groups is 1. The van der Waals surface area contributed by atoms with Crippen molar-refractivity contribution in [2.24, 2.45) is 0 Å². The third-order valence-corrected chi connectivity index (χ3v) is 4.83. The van der Waals surface area contributed by atoms with Gasteiger partial charge in [0.05, 0.1) is 24.7 Å². The van der Waals surface area contributed by atoms with Crippen LogP contribution < -0.4 is 0 Å². The smallest absolute Gasteiger partial charge is 0.341 e. The molecule has 0 N–H and O–H groups in total. The number of hydrogen-bond acceptors (Lipinski definition) is 7. The molecule has 0 atom stereocenters. The first-order valence-corrected chi connectivity index (χ1v) is 8.92. The number of furan rings is 2. The number of esters is 1. The molecule has 0 aromatic carbocycles. The Morgan fingerprint density at radius 3 is 2.85 bits per heavy atom. The van der Waals surface area contributed by atoms with Gasteiger partial charge < -0.3 is 13.6 Å². The average Bonchev–Trinajstić information content (AvgIpc) is 3.32. The third kappa shape index (κ3) is 3.45. The molecule has 3 heterocycles. The summed E-state index contributed by atoms with van der Waals surface area (Å²) in [4.78, 5) is 11.7. The molecule has 0 amide bonds. The first kappa shape index (κ1) is 18.1. The van der Waals surface area contributed by atoms with Gasteiger partial charge in [-0.2, -0.15) is 0 Å². The Balaban J connectivity index is 1.82. The molecule has 3 aromatic rings. The van der Waals surface area contributed by atoms with Crippen LogP contribution in [0, 0.1) is 13.8 Å². The van der Waals surface area contributed by atoms with Gasteiger partial charge in [0.1, 0.15) is 22.8 Å². The zero-order valence-electron chi connectivity index (χ0n) is 14.8. The van der Waals surface area contributed by atoms with Crippen molar-refractivity contribution in [2.75, 3.05) is 7.11 Å². The van der Waals surface area contributed by atoms with Crippen LogP contribution in [0.4, 0.5) is 0 Å². The second-order valence-corrected chi connectivity index (χ2v) is 6.50. The summed E-state index contributed by atoms with van der Waals surface area (Å²) >= 11 is 1.47. The van der Waals surface area contributed by atoms with E-state index >= 15 is 0 Å². The highest BCUT2D eigenvalue weighted by Gasteiger charge is 2.19. The van der Waals surface area contributed by atoms with Gasteiger partial charge in [-0.15, -0.1) is 16.8 Å². The molecule has 8 heteroatoms. The van der Waals surface area contributed by atoms with Gasteiger partial charge in [0, 0.05) is 6.54 Å². The lowest BCUT2D eigenvalue weighted by Gasteiger charge is -2.06. The molecule has 3 rings (SSSR count). The number of carbonyl (C=O) groups excluding carboxylic acids is 1. The highest BCUT2D eigenvalue weighted by atomic mass is 32.2. The lowest BCUT2D eigenvalue weighted by atomic mass is 10.2. The monoisotopic (exact) mass is 373 g/mol. The fourth-order valence-electron chi connectivity index (χ4n) is 2.57. The fourth-order valence-corrected chi connectivity index (χ4v) is 3.40. The van der Waals surface area contributed by atoms with Gasteiger partial charge in [-0.1, -0.05) is 17.8 Å². The SMILES string of the molecule is C=CCn1c(SCc2cc(C(=O)OC)c(C)o2)nnc1-c1ccoc1C. The quantitative estimate of drug-likeness (QED) is 0.351. The normalized spacial score (nSPS) is 10.9. The van der Waals surface area contributed by atoms with Crippen molar-refractivity contribution < 1.29 is 18.4 Å². The van der Waals surface area contributed by atoms with Gasteiger partial charge in [0.25, 0.3) is 0 Å². The number of aryl methyl sites for hydroxylation is 2. The molecule has 0 saturated heterocycles. The van der Waals surface area contributed by atoms with Gasteiger partial charge in [-0.3, -0.25) is 4.57 Å². The standard InChI is InChI=1S/C18H19N3O4S/c1-5-7-21-16(14-6-8-24-11(14)2)19-20-18(21)26-10-13-9-15(12(3)25-13)17(22)23-4/h5-6,8-9H,1,7,10H2,2-4H3. The molecule has 0 aliphatic rings. The van der Waals surface area contributed by atoms with Crippen LogP contribution in [-0.2, 0) is 17.0 Å². The van der Waals surface area contributed by atoms with Crippen LogP contribution in [0.5, 0.6) is 0 Å². The average molecular weight is 373 g/mol. The van der Waals surface area contributed by atoms with E-state index in [1.54, 1.807) is 25.3 Å². The fraction of sp³-hybridized carbons (Fsp3) is 0.278. The molecule has 0 aliphatic heterocycles. The number of hydrogen-bond donors (Lipinski definition) is 0. The van der Waals surface area contributed by atoms with Crippen molar-refractivity contribution in [1.29, 1.82) is 0 Å². The van der Waals surface area contributed by atoms with E-state index in [-0.39, 0.29) is 0 Å². The number of ether oxygens (including phenoxy) is 1. The number of aromatic nitrogens is 3. The summed E-state index contributed by atoms with van der Waals surface area (Å²) in [5.41, 5.74) is 1.33. The highest BCUT2D eigenvalue weighted by Crippen LogP contribution is 2.29. The number of rotatable bonds is 7. The van der Waals surface area contributed by atoms with Gasteiger partial charge >= 0.3 is 5.97 Å². The largest absolute Gasteiger partial charge is 0.469 e. The topological polar surface area (TPSA) is 83.3 Å². The van der Waals surface area contributed by atoms with E-state index in [1.807, 2.05) is 17.6 Å². The van der Waals surface area contributed by atoms with Crippen molar-refractivity contribution in [3.05, 3.63) is 53.9 Å². The predicted molar refractivity (Wildman–Crippen MR) is 97.0 cm³/mol. The molecule has 3 aromatic heterocycles. The van der Waals surface area contributed by atoms with Gasteiger partial charge in [-0.05, 0) is 26.0 Å². The third-order valence-electron chi connectivity index (χ3n) is 3.85. The van der Waals surface area contributed by atoms with E-state index < -0.39 is 5.97 Å². The highest BCUT2D eigenvalue weighted by molar-refractivity contribution is 7.98. The second kappa shape index (κ2) is 7.65. The zero-order valence-corrected chi connectivity index (χ0v) is 15.6. The van der Waals surface area contributed by atoms with Crippen molar-refractivity contribution in [3.63, 3.8) is 0 Å². The first-order valence-electron chi connectivity index (χ1n) is 7.94. The van der Waals surface area contributed by atoms with Crippen molar-refractivity contribution >= 4 is 17.7 Å². The molecule has 0 bridgehead atoms. The molecule has 26 heavy (non-hydrogen) atoms. The molecule has 136 valence electrons. The lowest BCUT2D eigenvalue weighted by molar-refractivity contribution is 0.0599. The number of allylic oxidation sites excluding steroid dienone is 1. The van der Waals surface area contributed by atoms with Crippen LogP contribution in [0.25, 0.3) is 11.4 Å². The maximum Gasteiger partial charge on any atom is 0.341 e. The molecular weight excluding hydrogens is 354 g/mol. The lowest BCUT2D eigenvalue weighted by Crippen LogP contribution is -2.01. The molecule has 0 fully saturated rings. The van der Waals surface area contributed by atoms with Gasteiger partial charge in [0.2, 0.25) is 0 Å². The molecule has 0 unspecified atom stereocenters. The Bertz CT molecular complexity index is 938. The molecule has 0 saturated carbocycles. The van der Waals surface area contributed by atoms with Crippen LogP contribution in [0.3, 0.4) is 0 Å². The van der Waals surface area contributed by atoms with Crippen molar-refractivity contribution in [2.45, 2.75) is 31.3 Å². The molecular formula is C18H19N3O4S. The van der Waals surface area contributed by atoms with Crippen LogP contribution in [-0.4, -0.2) is 27.8 Å². The molecule has 0 spiro atoms. The van der Waals surface area contributed by atoms with Crippen molar-refractivity contribution in [3.8, 4) is 11.4 Å². The Kier molecular flexibility index (Phi) is 5.32. The van der Waals surface area contributed by atoms with Crippen molar-refractivity contribution in [1.82, 2.24) is 14.8 Å². The summed E-state index contributed by atoms with van der Waals surface area (Å²) in [6.45, 7) is 7.99. The number of nitrogens with zero attached hydrogens (tertiary/aromatic N) is 3. The maximum absolute atomic E-state index is 11.7. The molecule has 0 aliphatic carbocycles. The van der Waals surface area contributed by atoms with Crippen LogP contribution >= 0.6 is 11.8 Å². The van der Waals surface area contributed by atoms with E-state index in [0.717, 1.165) is 22.3 Å². The van der Waals surface area contributed by atoms with E-state index in [2.05, 4.69) is 16.8 Å². The van der Waals surface area contributed by atoms with E-state index in [4.69, 9.17) is 13.6 Å². The Morgan fingerprint density at radius 1 is 1.38 bits per heavy atom. The van der Waals surface area contributed by atoms with Crippen LogP contribution in [0.2, 0.25) is 0 Å². The minimum Gasteiger partial charge on any atom is -0.469 e. The Morgan fingerprint density at radius 2 is 2.19 bits per heavy atom. The van der Waals surface area contributed by atoms with Gasteiger partial charge in [0.15, 0.2) is 11.0 Å². The number of thioether (sulfide) groups is 1. The Labute approximate surface area is 155 Å². The zero-order chi connectivity index (χ0) is 18.7. The maximum atomic E-state index is 11.7. The van der Waals surface area contributed by atoms with Crippen LogP contribution in [0.1, 0.15) is 27.6 Å².